The molecule has 0 atom stereocenters. The predicted octanol–water partition coefficient (Wildman–Crippen LogP) is 2.47. The molecule has 2 N–H and O–H groups in total. The van der Waals surface area contributed by atoms with Gasteiger partial charge in [-0.3, -0.25) is 4.68 Å². The summed E-state index contributed by atoms with van der Waals surface area (Å²) in [6, 6.07) is 8.29. The SMILES string of the molecule is Cc1cn(C)c2ccc(-c3cc(N)n(C)n3)cc12. The summed E-state index contributed by atoms with van der Waals surface area (Å²) in [6.45, 7) is 2.12. The number of benzene rings is 1. The summed E-state index contributed by atoms with van der Waals surface area (Å²) < 4.78 is 3.83. The van der Waals surface area contributed by atoms with Crippen molar-refractivity contribution in [2.45, 2.75) is 6.92 Å². The first-order valence-corrected chi connectivity index (χ1v) is 5.92. The summed E-state index contributed by atoms with van der Waals surface area (Å²) in [5, 5.41) is 5.67. The number of nitrogens with zero attached hydrogens (tertiary/aromatic N) is 3. The Morgan fingerprint density at radius 2 is 1.94 bits per heavy atom. The van der Waals surface area contributed by atoms with Crippen LogP contribution >= 0.6 is 0 Å². The molecule has 0 saturated carbocycles. The van der Waals surface area contributed by atoms with Crippen molar-refractivity contribution in [1.82, 2.24) is 14.3 Å². The molecule has 3 aromatic rings. The standard InChI is InChI=1S/C14H16N4/c1-9-8-17(2)13-5-4-10(6-11(9)13)12-7-14(15)18(3)16-12/h4-8H,15H2,1-3H3. The van der Waals surface area contributed by atoms with Crippen LogP contribution in [0.3, 0.4) is 0 Å². The lowest BCUT2D eigenvalue weighted by Crippen LogP contribution is -1.96. The van der Waals surface area contributed by atoms with Gasteiger partial charge in [-0.1, -0.05) is 6.07 Å². The molecule has 92 valence electrons. The van der Waals surface area contributed by atoms with Crippen LogP contribution in [0, 0.1) is 6.92 Å². The van der Waals surface area contributed by atoms with Crippen LogP contribution in [-0.4, -0.2) is 14.3 Å². The van der Waals surface area contributed by atoms with Crippen molar-refractivity contribution >= 4 is 16.7 Å². The summed E-state index contributed by atoms with van der Waals surface area (Å²) in [4.78, 5) is 0. The van der Waals surface area contributed by atoms with E-state index in [1.54, 1.807) is 4.68 Å². The average Bonchev–Trinajstić information content (AvgIpc) is 2.81. The zero-order valence-corrected chi connectivity index (χ0v) is 10.8. The number of aryl methyl sites for hydroxylation is 3. The van der Waals surface area contributed by atoms with E-state index in [0.29, 0.717) is 5.82 Å². The third-order valence-corrected chi connectivity index (χ3v) is 3.40. The topological polar surface area (TPSA) is 48.8 Å². The van der Waals surface area contributed by atoms with Gasteiger partial charge in [0.15, 0.2) is 0 Å². The molecule has 0 aliphatic rings. The predicted molar refractivity (Wildman–Crippen MR) is 74.3 cm³/mol. The molecule has 0 bridgehead atoms. The Morgan fingerprint density at radius 1 is 1.17 bits per heavy atom. The molecule has 4 heteroatoms. The van der Waals surface area contributed by atoms with E-state index < -0.39 is 0 Å². The monoisotopic (exact) mass is 240 g/mol. The Kier molecular flexibility index (Phi) is 2.20. The number of hydrogen-bond donors (Lipinski definition) is 1. The van der Waals surface area contributed by atoms with E-state index in [1.807, 2.05) is 13.1 Å². The summed E-state index contributed by atoms with van der Waals surface area (Å²) in [5.41, 5.74) is 10.4. The number of fused-ring (bicyclic) bond motifs is 1. The molecule has 0 radical (unpaired) electrons. The molecule has 3 rings (SSSR count). The molecule has 18 heavy (non-hydrogen) atoms. The lowest BCUT2D eigenvalue weighted by Gasteiger charge is -2.00. The van der Waals surface area contributed by atoms with E-state index in [0.717, 1.165) is 11.3 Å². The fraction of sp³-hybridized carbons (Fsp3) is 0.214. The quantitative estimate of drug-likeness (QED) is 0.710. The lowest BCUT2D eigenvalue weighted by molar-refractivity contribution is 0.782. The maximum Gasteiger partial charge on any atom is 0.121 e. The van der Waals surface area contributed by atoms with Gasteiger partial charge >= 0.3 is 0 Å². The van der Waals surface area contributed by atoms with Crippen molar-refractivity contribution in [2.24, 2.45) is 14.1 Å². The molecule has 4 nitrogen and oxygen atoms in total. The molecule has 2 heterocycles. The fourth-order valence-corrected chi connectivity index (χ4v) is 2.37. The van der Waals surface area contributed by atoms with Gasteiger partial charge in [-0.2, -0.15) is 5.10 Å². The summed E-state index contributed by atoms with van der Waals surface area (Å²) in [5.74, 6) is 0.676. The normalized spacial score (nSPS) is 11.3. The minimum absolute atomic E-state index is 0.676. The second-order valence-corrected chi connectivity index (χ2v) is 4.73. The van der Waals surface area contributed by atoms with Crippen molar-refractivity contribution in [3.8, 4) is 11.3 Å². The number of anilines is 1. The minimum atomic E-state index is 0.676. The van der Waals surface area contributed by atoms with Crippen LogP contribution in [0.5, 0.6) is 0 Å². The molecule has 0 amide bonds. The van der Waals surface area contributed by atoms with E-state index in [-0.39, 0.29) is 0 Å². The molecule has 0 saturated heterocycles. The molecule has 2 aromatic heterocycles. The van der Waals surface area contributed by atoms with Gasteiger partial charge in [0, 0.05) is 42.8 Å². The number of rotatable bonds is 1. The first-order valence-electron chi connectivity index (χ1n) is 5.92. The summed E-state index contributed by atoms with van der Waals surface area (Å²) in [6.07, 6.45) is 2.14. The lowest BCUT2D eigenvalue weighted by atomic mass is 10.1. The van der Waals surface area contributed by atoms with E-state index in [1.165, 1.54) is 16.5 Å². The average molecular weight is 240 g/mol. The smallest absolute Gasteiger partial charge is 0.121 e. The Morgan fingerprint density at radius 3 is 2.61 bits per heavy atom. The third-order valence-electron chi connectivity index (χ3n) is 3.40. The van der Waals surface area contributed by atoms with Crippen molar-refractivity contribution < 1.29 is 0 Å². The Balaban J connectivity index is 2.21. The highest BCUT2D eigenvalue weighted by atomic mass is 15.3. The van der Waals surface area contributed by atoms with Crippen LogP contribution in [0.25, 0.3) is 22.2 Å². The maximum absolute atomic E-state index is 5.82. The Labute approximate surface area is 106 Å². The summed E-state index contributed by atoms with van der Waals surface area (Å²) >= 11 is 0. The van der Waals surface area contributed by atoms with Crippen LogP contribution in [0.4, 0.5) is 5.82 Å². The third kappa shape index (κ3) is 1.49. The fourth-order valence-electron chi connectivity index (χ4n) is 2.37. The zero-order chi connectivity index (χ0) is 12.9. The van der Waals surface area contributed by atoms with Gasteiger partial charge in [-0.05, 0) is 24.6 Å². The van der Waals surface area contributed by atoms with Crippen LogP contribution in [0.2, 0.25) is 0 Å². The minimum Gasteiger partial charge on any atom is -0.384 e. The Bertz CT molecular complexity index is 714. The maximum atomic E-state index is 5.82. The second kappa shape index (κ2) is 3.63. The number of aromatic nitrogens is 3. The molecule has 0 spiro atoms. The Hall–Kier alpha value is -2.23. The molecular formula is C14H16N4. The van der Waals surface area contributed by atoms with E-state index in [2.05, 4.69) is 48.0 Å². The molecule has 0 aliphatic carbocycles. The summed E-state index contributed by atoms with van der Waals surface area (Å²) in [7, 11) is 3.92. The number of nitrogen functional groups attached to an aromatic ring is 1. The van der Waals surface area contributed by atoms with E-state index >= 15 is 0 Å². The largest absolute Gasteiger partial charge is 0.384 e. The van der Waals surface area contributed by atoms with Crippen molar-refractivity contribution in [3.63, 3.8) is 0 Å². The molecule has 0 fully saturated rings. The highest BCUT2D eigenvalue weighted by molar-refractivity contribution is 5.88. The van der Waals surface area contributed by atoms with Crippen molar-refractivity contribution in [2.75, 3.05) is 5.73 Å². The molecule has 0 aliphatic heterocycles. The van der Waals surface area contributed by atoms with Gasteiger partial charge in [0.1, 0.15) is 5.82 Å². The molecule has 1 aromatic carbocycles. The van der Waals surface area contributed by atoms with Gasteiger partial charge in [0.25, 0.3) is 0 Å². The zero-order valence-electron chi connectivity index (χ0n) is 10.8. The van der Waals surface area contributed by atoms with Gasteiger partial charge < -0.3 is 10.3 Å². The molecular weight excluding hydrogens is 224 g/mol. The van der Waals surface area contributed by atoms with Gasteiger partial charge in [-0.25, -0.2) is 0 Å². The van der Waals surface area contributed by atoms with Crippen molar-refractivity contribution in [3.05, 3.63) is 36.0 Å². The first-order chi connectivity index (χ1) is 8.56. The second-order valence-electron chi connectivity index (χ2n) is 4.73. The van der Waals surface area contributed by atoms with E-state index in [9.17, 15) is 0 Å². The van der Waals surface area contributed by atoms with Crippen LogP contribution in [0.1, 0.15) is 5.56 Å². The van der Waals surface area contributed by atoms with Gasteiger partial charge in [-0.15, -0.1) is 0 Å². The van der Waals surface area contributed by atoms with Crippen LogP contribution < -0.4 is 5.73 Å². The van der Waals surface area contributed by atoms with Crippen molar-refractivity contribution in [1.29, 1.82) is 0 Å². The highest BCUT2D eigenvalue weighted by Crippen LogP contribution is 2.27. The van der Waals surface area contributed by atoms with Crippen LogP contribution in [-0.2, 0) is 14.1 Å². The van der Waals surface area contributed by atoms with Crippen LogP contribution in [0.15, 0.2) is 30.5 Å². The molecule has 0 unspecified atom stereocenters. The first kappa shape index (κ1) is 10.9. The van der Waals surface area contributed by atoms with Gasteiger partial charge in [0.2, 0.25) is 0 Å². The number of hydrogen-bond acceptors (Lipinski definition) is 2. The van der Waals surface area contributed by atoms with Gasteiger partial charge in [0.05, 0.1) is 5.69 Å². The highest BCUT2D eigenvalue weighted by Gasteiger charge is 2.08. The number of nitrogens with two attached hydrogens (primary N) is 1. The van der Waals surface area contributed by atoms with E-state index in [4.69, 9.17) is 5.73 Å².